The molecule has 0 fully saturated rings. The number of nitrogens with two attached hydrogens (primary N) is 1. The Bertz CT molecular complexity index is 6550. The fourth-order valence-corrected chi connectivity index (χ4v) is 18.3. The van der Waals surface area contributed by atoms with Gasteiger partial charge in [0.2, 0.25) is 16.3 Å². The maximum absolute atomic E-state index is 14.2. The molecule has 10 heterocycles. The molecular weight excluding hydrogens is 1900 g/mol. The molecule has 23 nitrogen and oxygen atoms in total. The fourth-order valence-electron chi connectivity index (χ4n) is 17.1. The van der Waals surface area contributed by atoms with Gasteiger partial charge in [-0.05, 0) is 136 Å². The van der Waals surface area contributed by atoms with Crippen LogP contribution in [0.4, 0.5) is 39.5 Å². The van der Waals surface area contributed by atoms with E-state index in [1.165, 1.54) is 33.0 Å². The minimum absolute atomic E-state index is 0.00724. The van der Waals surface area contributed by atoms with Crippen LogP contribution in [0, 0.1) is 52.4 Å². The maximum atomic E-state index is 14.2. The Morgan fingerprint density at radius 2 is 0.750 bits per heavy atom. The molecular formula is C96H76Br2Cl2F9N11O12. The van der Waals surface area contributed by atoms with Crippen LogP contribution < -0.4 is 52.8 Å². The van der Waals surface area contributed by atoms with Gasteiger partial charge in [0, 0.05) is 162 Å². The van der Waals surface area contributed by atoms with E-state index in [1.807, 2.05) is 42.5 Å². The zero-order valence-corrected chi connectivity index (χ0v) is 74.0. The lowest BCUT2D eigenvalue weighted by Crippen LogP contribution is -2.45. The van der Waals surface area contributed by atoms with Gasteiger partial charge in [-0.1, -0.05) is 140 Å². The van der Waals surface area contributed by atoms with E-state index in [0.717, 1.165) is 79.2 Å². The third-order valence-corrected chi connectivity index (χ3v) is 25.3. The van der Waals surface area contributed by atoms with Crippen molar-refractivity contribution in [1.82, 2.24) is 49.7 Å². The molecule has 6 amide bonds. The third kappa shape index (κ3) is 19.2. The molecule has 7 aliphatic heterocycles. The summed E-state index contributed by atoms with van der Waals surface area (Å²) in [5, 5.41) is 21.8. The molecule has 9 aromatic carbocycles. The summed E-state index contributed by atoms with van der Waals surface area (Å²) in [4.78, 5) is 125. The van der Waals surface area contributed by atoms with Gasteiger partial charge in [0.25, 0.3) is 35.4 Å². The lowest BCUT2D eigenvalue weighted by molar-refractivity contribution is 0.0676. The number of hydrogen-bond acceptors (Lipinski definition) is 14. The number of carbonyl (C=O) groups is 6. The van der Waals surface area contributed by atoms with Crippen LogP contribution >= 0.6 is 55.1 Å². The van der Waals surface area contributed by atoms with E-state index in [1.54, 1.807) is 91.7 Å². The largest absolute Gasteiger partial charge is 0.503 e. The zero-order chi connectivity index (χ0) is 93.4. The van der Waals surface area contributed by atoms with Crippen molar-refractivity contribution in [2.24, 2.45) is 5.73 Å². The Kier molecular flexibility index (Phi) is 27.3. The summed E-state index contributed by atoms with van der Waals surface area (Å²) < 4.78 is 143. The van der Waals surface area contributed by atoms with E-state index in [4.69, 9.17) is 38.4 Å². The molecule has 678 valence electrons. The SMILES string of the molecule is NC1CNCCc2ccc(Br)cc21.O=C(NCc1c(F)cc(F)cc1F)c1cn2c(c(O)c1=O)C(=O)N1CCc3ccc(Cl)cc3[C@H]2C1.O=C(NCc1c(F)cc(F)cc1F)c1cn2c(c(OCc3ccccc3)c1=O)C(=O)N1CCc3ccc(Br)cc3[C@H]2C1.O=C(NCc1c(F)cc(F)cc1F)c1cn2c(c(OCc3ccccc3)c1=O)C(=O)N1CCc3ccc(Cl)cc3[C@H]2C1. The van der Waals surface area contributed by atoms with Gasteiger partial charge >= 0.3 is 0 Å². The molecule has 6 bridgehead atoms. The van der Waals surface area contributed by atoms with Crippen LogP contribution in [0.1, 0.15) is 159 Å². The summed E-state index contributed by atoms with van der Waals surface area (Å²) in [6.45, 7) is 1.89. The highest BCUT2D eigenvalue weighted by Gasteiger charge is 2.44. The van der Waals surface area contributed by atoms with Crippen molar-refractivity contribution in [3.8, 4) is 17.2 Å². The number of benzene rings is 9. The van der Waals surface area contributed by atoms with Crippen molar-refractivity contribution in [1.29, 1.82) is 0 Å². The lowest BCUT2D eigenvalue weighted by atomic mass is 9.97. The van der Waals surface area contributed by atoms with Gasteiger partial charge in [-0.3, -0.25) is 43.2 Å². The summed E-state index contributed by atoms with van der Waals surface area (Å²) in [5.74, 6) is -16.2. The number of halogens is 13. The van der Waals surface area contributed by atoms with Gasteiger partial charge in [-0.2, -0.15) is 0 Å². The first-order valence-electron chi connectivity index (χ1n) is 41.5. The number of pyridine rings is 3. The Morgan fingerprint density at radius 3 is 1.13 bits per heavy atom. The van der Waals surface area contributed by atoms with Gasteiger partial charge in [0.15, 0.2) is 34.3 Å². The van der Waals surface area contributed by atoms with E-state index in [9.17, 15) is 87.8 Å². The Balaban J connectivity index is 0.000000135. The number of nitrogens with zero attached hydrogens (tertiary/aromatic N) is 6. The Labute approximate surface area is 772 Å². The first-order valence-corrected chi connectivity index (χ1v) is 43.8. The molecule has 36 heteroatoms. The zero-order valence-electron chi connectivity index (χ0n) is 69.3. The highest BCUT2D eigenvalue weighted by molar-refractivity contribution is 9.10. The predicted octanol–water partition coefficient (Wildman–Crippen LogP) is 14.9. The molecule has 1 unspecified atom stereocenters. The average Bonchev–Trinajstić information content (AvgIpc) is 1.32. The molecule has 132 heavy (non-hydrogen) atoms. The third-order valence-electron chi connectivity index (χ3n) is 23.8. The number of carbonyl (C=O) groups excluding carboxylic acids is 6. The number of nitrogens with one attached hydrogen (secondary N) is 4. The smallest absolute Gasteiger partial charge is 0.274 e. The fraction of sp³-hybridized carbons (Fsp3) is 0.219. The van der Waals surface area contributed by atoms with Crippen LogP contribution in [0.5, 0.6) is 17.2 Å². The van der Waals surface area contributed by atoms with Crippen molar-refractivity contribution >= 4 is 90.5 Å². The van der Waals surface area contributed by atoms with Gasteiger partial charge in [0.1, 0.15) is 82.3 Å². The molecule has 0 aliphatic carbocycles. The molecule has 12 aromatic rings. The second-order valence-electron chi connectivity index (χ2n) is 32.0. The number of aromatic hydroxyl groups is 1. The highest BCUT2D eigenvalue weighted by Crippen LogP contribution is 2.42. The van der Waals surface area contributed by atoms with Crippen molar-refractivity contribution in [3.05, 3.63) is 397 Å². The average molecular weight is 1980 g/mol. The van der Waals surface area contributed by atoms with Crippen LogP contribution in [0.3, 0.4) is 0 Å². The van der Waals surface area contributed by atoms with Gasteiger partial charge < -0.3 is 70.0 Å². The van der Waals surface area contributed by atoms with Crippen LogP contribution in [0.15, 0.2) is 212 Å². The van der Waals surface area contributed by atoms with Crippen molar-refractivity contribution in [2.45, 2.75) is 82.7 Å². The minimum Gasteiger partial charge on any atom is -0.503 e. The summed E-state index contributed by atoms with van der Waals surface area (Å²) >= 11 is 19.5. The second-order valence-corrected chi connectivity index (χ2v) is 34.7. The summed E-state index contributed by atoms with van der Waals surface area (Å²) in [6.07, 6.45) is 6.51. The number of aromatic nitrogens is 3. The number of amides is 6. The Morgan fingerprint density at radius 1 is 0.424 bits per heavy atom. The minimum atomic E-state index is -1.20. The number of fused-ring (bicyclic) bond motifs is 19. The first-order chi connectivity index (χ1) is 63.3. The van der Waals surface area contributed by atoms with Gasteiger partial charge in [-0.15, -0.1) is 0 Å². The van der Waals surface area contributed by atoms with E-state index >= 15 is 0 Å². The summed E-state index contributed by atoms with van der Waals surface area (Å²) in [6, 6.07) is 42.6. The molecule has 0 spiro atoms. The molecule has 0 saturated heterocycles. The van der Waals surface area contributed by atoms with E-state index in [2.05, 4.69) is 71.3 Å². The van der Waals surface area contributed by atoms with Crippen LogP contribution in [0.2, 0.25) is 10.0 Å². The molecule has 0 radical (unpaired) electrons. The first kappa shape index (κ1) is 92.2. The molecule has 4 atom stereocenters. The number of hydrogen-bond donors (Lipinski definition) is 6. The lowest BCUT2D eigenvalue weighted by Gasteiger charge is -2.35. The normalized spacial score (nSPS) is 16.4. The maximum Gasteiger partial charge on any atom is 0.274 e. The molecule has 0 saturated carbocycles. The molecule has 7 N–H and O–H groups in total. The van der Waals surface area contributed by atoms with Crippen LogP contribution in [-0.2, 0) is 58.5 Å². The molecule has 19 rings (SSSR count). The number of ether oxygens (including phenoxy) is 2. The van der Waals surface area contributed by atoms with Crippen molar-refractivity contribution < 1.29 is 82.9 Å². The predicted molar refractivity (Wildman–Crippen MR) is 476 cm³/mol. The molecule has 7 aliphatic rings. The van der Waals surface area contributed by atoms with Gasteiger partial charge in [0.05, 0.1) is 18.1 Å². The van der Waals surface area contributed by atoms with Crippen LogP contribution in [0.25, 0.3) is 0 Å². The van der Waals surface area contributed by atoms with E-state index in [-0.39, 0.29) is 72.1 Å². The Hall–Kier alpha value is -13.1. The summed E-state index contributed by atoms with van der Waals surface area (Å²) in [7, 11) is 0. The monoisotopic (exact) mass is 1970 g/mol. The van der Waals surface area contributed by atoms with E-state index in [0.29, 0.717) is 91.9 Å². The highest BCUT2D eigenvalue weighted by atomic mass is 79.9. The van der Waals surface area contributed by atoms with E-state index < -0.39 is 170 Å². The van der Waals surface area contributed by atoms with Crippen molar-refractivity contribution in [3.63, 3.8) is 0 Å². The second kappa shape index (κ2) is 39.1. The standard InChI is InChI=1S/C31H23BrF3N3O4.C31H23ClF3N3O4.C24H17ClF3N3O4.C10H13BrN2/c2*32-19-7-6-18-8-9-37-15-26(21(18)10-19)38-14-23(30(40)36-13-22-24(34)11-20(33)12-25(22)35)28(39)29(27(38)31(37)41)42-16-17-4-2-1-3-5-17;25-12-2-1-11-3-4-30-10-19(14(11)5-12)31-9-16(21(32)22(33)20(31)24(30)35)23(34)29-8-15-17(27)6-13(26)7-18(15)28;11-8-2-1-7-3-4-13-6-10(12)9(7)5-8/h2*1-7,10-12,14,26H,8-9,13,15-16H2,(H,36,40);1-2,5-7,9,19,33H,3-4,8,10H2,(H,29,34);1-2,5,10,13H,3-4,6,12H2/t2*26-;19-;/m111./s1. The van der Waals surface area contributed by atoms with Crippen LogP contribution in [-0.4, -0.2) is 121 Å². The number of rotatable bonds is 15. The van der Waals surface area contributed by atoms with Crippen molar-refractivity contribution in [2.75, 3.05) is 52.4 Å². The topological polar surface area (TPSA) is 291 Å². The summed E-state index contributed by atoms with van der Waals surface area (Å²) in [5.41, 5.74) is 9.54. The quantitative estimate of drug-likeness (QED) is 0.0521. The molecule has 3 aromatic heterocycles. The van der Waals surface area contributed by atoms with Gasteiger partial charge in [-0.25, -0.2) is 39.5 Å².